The highest BCUT2D eigenvalue weighted by Crippen LogP contribution is 2.63. The van der Waals surface area contributed by atoms with Gasteiger partial charge in [-0.2, -0.15) is 0 Å². The van der Waals surface area contributed by atoms with Gasteiger partial charge >= 0.3 is 11.9 Å². The van der Waals surface area contributed by atoms with Gasteiger partial charge in [-0.3, -0.25) is 9.59 Å². The fraction of sp³-hybridized carbons (Fsp3) is 0.432. The van der Waals surface area contributed by atoms with Gasteiger partial charge in [-0.15, -0.1) is 0 Å². The molecule has 242 valence electrons. The molecule has 4 bridgehead atoms. The molecule has 4 saturated carbocycles. The SMILES string of the molecule is COC(=O)c1cccc(NC(=O)COc2ccc(C34CC5CC(CC(C5)C3C(=O)OCCc3ccc(OC)c(OC)c3)C4)cc2)c1. The maximum atomic E-state index is 13.8. The van der Waals surface area contributed by atoms with Crippen molar-refractivity contribution in [2.75, 3.05) is 39.9 Å². The normalized spacial score (nSPS) is 24.2. The van der Waals surface area contributed by atoms with Crippen LogP contribution in [-0.2, 0) is 30.9 Å². The number of hydrogen-bond acceptors (Lipinski definition) is 8. The summed E-state index contributed by atoms with van der Waals surface area (Å²) in [5, 5.41) is 2.75. The summed E-state index contributed by atoms with van der Waals surface area (Å²) in [6, 6.07) is 20.2. The van der Waals surface area contributed by atoms with Gasteiger partial charge in [0.05, 0.1) is 39.4 Å². The van der Waals surface area contributed by atoms with Crippen molar-refractivity contribution in [3.63, 3.8) is 0 Å². The Morgan fingerprint density at radius 3 is 2.28 bits per heavy atom. The number of ether oxygens (including phenoxy) is 5. The number of hydrogen-bond donors (Lipinski definition) is 1. The van der Waals surface area contributed by atoms with Crippen LogP contribution >= 0.6 is 0 Å². The van der Waals surface area contributed by atoms with Crippen LogP contribution in [0.5, 0.6) is 17.2 Å². The fourth-order valence-electron chi connectivity index (χ4n) is 8.34. The van der Waals surface area contributed by atoms with E-state index in [1.54, 1.807) is 38.5 Å². The number of amides is 1. The Bertz CT molecular complexity index is 1570. The summed E-state index contributed by atoms with van der Waals surface area (Å²) in [4.78, 5) is 38.2. The zero-order chi connectivity index (χ0) is 32.3. The highest BCUT2D eigenvalue weighted by Gasteiger charge is 2.60. The Kier molecular flexibility index (Phi) is 9.20. The third-order valence-electron chi connectivity index (χ3n) is 10.0. The molecule has 46 heavy (non-hydrogen) atoms. The summed E-state index contributed by atoms with van der Waals surface area (Å²) in [5.41, 5.74) is 2.74. The van der Waals surface area contributed by atoms with Crippen molar-refractivity contribution in [3.05, 3.63) is 83.4 Å². The average molecular weight is 628 g/mol. The quantitative estimate of drug-likeness (QED) is 0.244. The summed E-state index contributed by atoms with van der Waals surface area (Å²) >= 11 is 0. The topological polar surface area (TPSA) is 109 Å². The molecule has 0 heterocycles. The minimum absolute atomic E-state index is 0.0995. The summed E-state index contributed by atoms with van der Waals surface area (Å²) < 4.78 is 27.3. The molecule has 1 amide bonds. The van der Waals surface area contributed by atoms with Crippen molar-refractivity contribution in [1.82, 2.24) is 0 Å². The van der Waals surface area contributed by atoms with Crippen LogP contribution in [0.25, 0.3) is 0 Å². The number of benzene rings is 3. The average Bonchev–Trinajstić information content (AvgIpc) is 3.06. The predicted molar refractivity (Wildman–Crippen MR) is 171 cm³/mol. The van der Waals surface area contributed by atoms with Crippen molar-refractivity contribution < 1.29 is 38.1 Å². The molecular weight excluding hydrogens is 586 g/mol. The summed E-state index contributed by atoms with van der Waals surface area (Å²) in [7, 11) is 4.53. The van der Waals surface area contributed by atoms with E-state index in [-0.39, 0.29) is 29.8 Å². The van der Waals surface area contributed by atoms with Crippen LogP contribution in [0.3, 0.4) is 0 Å². The van der Waals surface area contributed by atoms with E-state index in [0.717, 1.165) is 36.8 Å². The van der Waals surface area contributed by atoms with Crippen LogP contribution in [0.1, 0.15) is 53.6 Å². The monoisotopic (exact) mass is 627 g/mol. The lowest BCUT2D eigenvalue weighted by Crippen LogP contribution is -2.58. The Morgan fingerprint density at radius 1 is 0.848 bits per heavy atom. The highest BCUT2D eigenvalue weighted by atomic mass is 16.5. The first kappa shape index (κ1) is 31.5. The molecule has 0 aliphatic heterocycles. The fourth-order valence-corrected chi connectivity index (χ4v) is 8.34. The molecule has 7 rings (SSSR count). The molecule has 4 fully saturated rings. The molecule has 3 atom stereocenters. The number of rotatable bonds is 12. The molecule has 3 unspecified atom stereocenters. The van der Waals surface area contributed by atoms with Gasteiger partial charge in [-0.05, 0) is 103 Å². The second-order valence-corrected chi connectivity index (χ2v) is 12.8. The van der Waals surface area contributed by atoms with Crippen molar-refractivity contribution in [3.8, 4) is 17.2 Å². The van der Waals surface area contributed by atoms with Crippen LogP contribution in [0, 0.1) is 23.7 Å². The lowest BCUT2D eigenvalue weighted by molar-refractivity contribution is -0.166. The van der Waals surface area contributed by atoms with Gasteiger partial charge in [0.25, 0.3) is 5.91 Å². The van der Waals surface area contributed by atoms with E-state index in [2.05, 4.69) is 17.4 Å². The van der Waals surface area contributed by atoms with Crippen molar-refractivity contribution >= 4 is 23.5 Å². The van der Waals surface area contributed by atoms with E-state index >= 15 is 0 Å². The second kappa shape index (κ2) is 13.4. The molecule has 0 radical (unpaired) electrons. The summed E-state index contributed by atoms with van der Waals surface area (Å²) in [6.45, 7) is 0.122. The third kappa shape index (κ3) is 6.41. The van der Waals surface area contributed by atoms with E-state index in [1.165, 1.54) is 13.5 Å². The van der Waals surface area contributed by atoms with Gasteiger partial charge in [0.2, 0.25) is 0 Å². The number of methoxy groups -OCH3 is 3. The first-order valence-electron chi connectivity index (χ1n) is 15.9. The summed E-state index contributed by atoms with van der Waals surface area (Å²) in [6.07, 6.45) is 6.00. The summed E-state index contributed by atoms with van der Waals surface area (Å²) in [5.74, 6) is 2.39. The van der Waals surface area contributed by atoms with E-state index in [4.69, 9.17) is 23.7 Å². The molecule has 4 aliphatic carbocycles. The van der Waals surface area contributed by atoms with Crippen LogP contribution in [0.4, 0.5) is 5.69 Å². The molecule has 1 N–H and O–H groups in total. The Hall–Kier alpha value is -4.53. The number of anilines is 1. The Morgan fingerprint density at radius 2 is 1.59 bits per heavy atom. The van der Waals surface area contributed by atoms with Crippen molar-refractivity contribution in [2.24, 2.45) is 23.7 Å². The lowest BCUT2D eigenvalue weighted by atomic mass is 9.43. The molecule has 9 heteroatoms. The van der Waals surface area contributed by atoms with E-state index in [0.29, 0.717) is 59.3 Å². The van der Waals surface area contributed by atoms with Gasteiger partial charge in [-0.1, -0.05) is 24.3 Å². The van der Waals surface area contributed by atoms with E-state index < -0.39 is 5.97 Å². The number of esters is 2. The number of carbonyl (C=O) groups excluding carboxylic acids is 3. The maximum absolute atomic E-state index is 13.8. The lowest BCUT2D eigenvalue weighted by Gasteiger charge is -2.60. The van der Waals surface area contributed by atoms with Gasteiger partial charge in [0, 0.05) is 17.5 Å². The van der Waals surface area contributed by atoms with Crippen LogP contribution in [-0.4, -0.2) is 52.4 Å². The first-order chi connectivity index (χ1) is 22.3. The van der Waals surface area contributed by atoms with Crippen molar-refractivity contribution in [2.45, 2.75) is 43.9 Å². The van der Waals surface area contributed by atoms with Gasteiger partial charge in [0.1, 0.15) is 5.75 Å². The minimum atomic E-state index is -0.475. The van der Waals surface area contributed by atoms with Crippen LogP contribution < -0.4 is 19.5 Å². The highest BCUT2D eigenvalue weighted by molar-refractivity contribution is 5.95. The number of nitrogens with one attached hydrogen (secondary N) is 1. The molecule has 9 nitrogen and oxygen atoms in total. The standard InChI is InChI=1S/C37H41NO8/c1-42-31-12-7-23(18-32(31)43-2)13-14-45-36(41)34-27-16-24-15-25(17-27)21-37(34,20-24)28-8-10-30(11-9-28)46-22-33(39)38-29-6-4-5-26(19-29)35(40)44-3/h4-12,18-19,24-25,27,34H,13-17,20-22H2,1-3H3,(H,38,39). The van der Waals surface area contributed by atoms with E-state index in [1.807, 2.05) is 30.3 Å². The van der Waals surface area contributed by atoms with Crippen LogP contribution in [0.15, 0.2) is 66.7 Å². The second-order valence-electron chi connectivity index (χ2n) is 12.8. The zero-order valence-corrected chi connectivity index (χ0v) is 26.6. The molecule has 3 aromatic rings. The van der Waals surface area contributed by atoms with Gasteiger partial charge in [-0.25, -0.2) is 4.79 Å². The largest absolute Gasteiger partial charge is 0.493 e. The predicted octanol–water partition coefficient (Wildman–Crippen LogP) is 5.99. The molecule has 0 saturated heterocycles. The van der Waals surface area contributed by atoms with Gasteiger partial charge < -0.3 is 29.0 Å². The van der Waals surface area contributed by atoms with Gasteiger partial charge in [0.15, 0.2) is 18.1 Å². The minimum Gasteiger partial charge on any atom is -0.493 e. The first-order valence-corrected chi connectivity index (χ1v) is 15.9. The molecule has 3 aromatic carbocycles. The molecule has 0 aromatic heterocycles. The Balaban J connectivity index is 1.10. The van der Waals surface area contributed by atoms with Crippen molar-refractivity contribution in [1.29, 1.82) is 0 Å². The smallest absolute Gasteiger partial charge is 0.337 e. The third-order valence-corrected chi connectivity index (χ3v) is 10.0. The zero-order valence-electron chi connectivity index (χ0n) is 26.6. The molecular formula is C37H41NO8. The molecule has 0 spiro atoms. The van der Waals surface area contributed by atoms with Crippen LogP contribution in [0.2, 0.25) is 0 Å². The molecule has 4 aliphatic rings. The Labute approximate surface area is 269 Å². The van der Waals surface area contributed by atoms with E-state index in [9.17, 15) is 14.4 Å². The maximum Gasteiger partial charge on any atom is 0.337 e. The number of carbonyl (C=O) groups is 3.